The Bertz CT molecular complexity index is 385. The van der Waals surface area contributed by atoms with Crippen molar-refractivity contribution in [3.63, 3.8) is 0 Å². The SMILES string of the molecule is CS(C)(=O)=NCc1ccc(Br)cn1. The summed E-state index contributed by atoms with van der Waals surface area (Å²) >= 11 is 3.29. The predicted octanol–water partition coefficient (Wildman–Crippen LogP) is 2.07. The van der Waals surface area contributed by atoms with E-state index in [0.29, 0.717) is 6.54 Å². The molecular weight excluding hydrogens is 252 g/mol. The van der Waals surface area contributed by atoms with E-state index in [1.807, 2.05) is 12.1 Å². The molecule has 13 heavy (non-hydrogen) atoms. The maximum Gasteiger partial charge on any atom is 0.0906 e. The molecule has 1 aromatic rings. The zero-order chi connectivity index (χ0) is 9.90. The van der Waals surface area contributed by atoms with Crippen molar-refractivity contribution in [1.82, 2.24) is 4.98 Å². The molecule has 0 saturated carbocycles. The molecule has 0 aliphatic heterocycles. The molecule has 0 atom stereocenters. The first-order valence-electron chi connectivity index (χ1n) is 3.71. The number of rotatable bonds is 2. The van der Waals surface area contributed by atoms with E-state index in [-0.39, 0.29) is 0 Å². The van der Waals surface area contributed by atoms with Gasteiger partial charge in [-0.1, -0.05) is 0 Å². The molecule has 0 unspecified atom stereocenters. The standard InChI is InChI=1S/C8H11BrN2OS/c1-13(2,12)11-6-8-4-3-7(9)5-10-8/h3-5H,6H2,1-2H3. The summed E-state index contributed by atoms with van der Waals surface area (Å²) in [5.41, 5.74) is 0.833. The number of hydrogen-bond donors (Lipinski definition) is 0. The molecule has 0 aliphatic carbocycles. The second-order valence-corrected chi connectivity index (χ2v) is 6.47. The van der Waals surface area contributed by atoms with Gasteiger partial charge in [0.05, 0.1) is 12.2 Å². The quantitative estimate of drug-likeness (QED) is 0.819. The summed E-state index contributed by atoms with van der Waals surface area (Å²) in [5, 5.41) is 0. The van der Waals surface area contributed by atoms with Crippen molar-refractivity contribution in [1.29, 1.82) is 0 Å². The summed E-state index contributed by atoms with van der Waals surface area (Å²) in [6, 6.07) is 3.75. The lowest BCUT2D eigenvalue weighted by Crippen LogP contribution is -1.94. The highest BCUT2D eigenvalue weighted by Crippen LogP contribution is 2.08. The topological polar surface area (TPSA) is 42.3 Å². The van der Waals surface area contributed by atoms with Crippen molar-refractivity contribution in [3.05, 3.63) is 28.5 Å². The average Bonchev–Trinajstić information content (AvgIpc) is 2.02. The molecule has 0 saturated heterocycles. The van der Waals surface area contributed by atoms with Crippen molar-refractivity contribution in [2.24, 2.45) is 4.36 Å². The molecule has 0 fully saturated rings. The van der Waals surface area contributed by atoms with Gasteiger partial charge in [0.1, 0.15) is 0 Å². The minimum absolute atomic E-state index is 0.416. The zero-order valence-electron chi connectivity index (χ0n) is 7.53. The van der Waals surface area contributed by atoms with E-state index in [1.165, 1.54) is 0 Å². The van der Waals surface area contributed by atoms with Gasteiger partial charge in [0, 0.05) is 32.9 Å². The lowest BCUT2D eigenvalue weighted by atomic mass is 10.4. The molecule has 1 heterocycles. The van der Waals surface area contributed by atoms with Crippen LogP contribution in [-0.4, -0.2) is 21.7 Å². The van der Waals surface area contributed by atoms with Crippen LogP contribution < -0.4 is 0 Å². The van der Waals surface area contributed by atoms with Crippen LogP contribution in [-0.2, 0) is 16.3 Å². The Morgan fingerprint density at radius 1 is 1.54 bits per heavy atom. The predicted molar refractivity (Wildman–Crippen MR) is 58.1 cm³/mol. The summed E-state index contributed by atoms with van der Waals surface area (Å²) in [6.07, 6.45) is 4.94. The van der Waals surface area contributed by atoms with Gasteiger partial charge in [-0.2, -0.15) is 0 Å². The first-order valence-corrected chi connectivity index (χ1v) is 6.83. The van der Waals surface area contributed by atoms with Crippen LogP contribution in [0.25, 0.3) is 0 Å². The van der Waals surface area contributed by atoms with Crippen LogP contribution in [0.2, 0.25) is 0 Å². The molecule has 3 nitrogen and oxygen atoms in total. The van der Waals surface area contributed by atoms with E-state index in [1.54, 1.807) is 18.7 Å². The van der Waals surface area contributed by atoms with E-state index >= 15 is 0 Å². The molecule has 1 rings (SSSR count). The molecule has 1 aromatic heterocycles. The second kappa shape index (κ2) is 4.19. The minimum Gasteiger partial charge on any atom is -0.258 e. The van der Waals surface area contributed by atoms with Gasteiger partial charge < -0.3 is 0 Å². The fourth-order valence-corrected chi connectivity index (χ4v) is 1.40. The maximum absolute atomic E-state index is 11.2. The zero-order valence-corrected chi connectivity index (χ0v) is 9.93. The third kappa shape index (κ3) is 4.38. The Morgan fingerprint density at radius 2 is 2.23 bits per heavy atom. The van der Waals surface area contributed by atoms with E-state index in [4.69, 9.17) is 0 Å². The molecule has 0 spiro atoms. The first-order chi connectivity index (χ1) is 5.97. The summed E-state index contributed by atoms with van der Waals surface area (Å²) in [6.45, 7) is 0.416. The molecule has 0 aliphatic rings. The van der Waals surface area contributed by atoms with Gasteiger partial charge in [-0.3, -0.25) is 9.19 Å². The average molecular weight is 263 g/mol. The Balaban J connectivity index is 2.77. The van der Waals surface area contributed by atoms with Gasteiger partial charge in [0.2, 0.25) is 0 Å². The Kier molecular flexibility index (Phi) is 3.44. The van der Waals surface area contributed by atoms with Crippen molar-refractivity contribution in [2.75, 3.05) is 12.5 Å². The van der Waals surface area contributed by atoms with Crippen LogP contribution in [0.15, 0.2) is 27.2 Å². The Labute approximate surface area is 86.9 Å². The van der Waals surface area contributed by atoms with Gasteiger partial charge in [0.25, 0.3) is 0 Å². The number of pyridine rings is 1. The third-order valence-electron chi connectivity index (χ3n) is 1.33. The normalized spacial score (nSPS) is 11.3. The smallest absolute Gasteiger partial charge is 0.0906 e. The fraction of sp³-hybridized carbons (Fsp3) is 0.375. The molecule has 72 valence electrons. The molecule has 0 bridgehead atoms. The molecule has 0 radical (unpaired) electrons. The highest BCUT2D eigenvalue weighted by atomic mass is 79.9. The van der Waals surface area contributed by atoms with Gasteiger partial charge in [-0.25, -0.2) is 4.36 Å². The summed E-state index contributed by atoms with van der Waals surface area (Å²) in [7, 11) is -2.01. The minimum atomic E-state index is -2.01. The summed E-state index contributed by atoms with van der Waals surface area (Å²) in [5.74, 6) is 0. The van der Waals surface area contributed by atoms with Crippen LogP contribution in [0.4, 0.5) is 0 Å². The van der Waals surface area contributed by atoms with E-state index < -0.39 is 9.73 Å². The monoisotopic (exact) mass is 262 g/mol. The lowest BCUT2D eigenvalue weighted by Gasteiger charge is -1.97. The number of hydrogen-bond acceptors (Lipinski definition) is 3. The van der Waals surface area contributed by atoms with E-state index in [9.17, 15) is 4.21 Å². The highest BCUT2D eigenvalue weighted by Gasteiger charge is 1.94. The van der Waals surface area contributed by atoms with Crippen molar-refractivity contribution in [2.45, 2.75) is 6.54 Å². The van der Waals surface area contributed by atoms with Gasteiger partial charge in [-0.15, -0.1) is 0 Å². The van der Waals surface area contributed by atoms with Crippen LogP contribution in [0, 0.1) is 0 Å². The summed E-state index contributed by atoms with van der Waals surface area (Å²) < 4.78 is 16.2. The molecule has 0 N–H and O–H groups in total. The molecular formula is C8H11BrN2OS. The van der Waals surface area contributed by atoms with Crippen molar-refractivity contribution >= 4 is 25.7 Å². The van der Waals surface area contributed by atoms with Gasteiger partial charge >= 0.3 is 0 Å². The highest BCUT2D eigenvalue weighted by molar-refractivity contribution is 9.10. The largest absolute Gasteiger partial charge is 0.258 e. The van der Waals surface area contributed by atoms with Crippen LogP contribution in [0.1, 0.15) is 5.69 Å². The number of halogens is 1. The molecule has 0 aromatic carbocycles. The first kappa shape index (κ1) is 10.7. The van der Waals surface area contributed by atoms with E-state index in [2.05, 4.69) is 25.3 Å². The Hall–Kier alpha value is -0.420. The molecule has 0 amide bonds. The van der Waals surface area contributed by atoms with E-state index in [0.717, 1.165) is 10.2 Å². The summed E-state index contributed by atoms with van der Waals surface area (Å²) in [4.78, 5) is 4.12. The Morgan fingerprint density at radius 3 is 2.69 bits per heavy atom. The molecule has 5 heteroatoms. The van der Waals surface area contributed by atoms with Gasteiger partial charge in [-0.05, 0) is 28.1 Å². The van der Waals surface area contributed by atoms with Crippen molar-refractivity contribution in [3.8, 4) is 0 Å². The number of aromatic nitrogens is 1. The van der Waals surface area contributed by atoms with Crippen molar-refractivity contribution < 1.29 is 4.21 Å². The van der Waals surface area contributed by atoms with Gasteiger partial charge in [0.15, 0.2) is 0 Å². The lowest BCUT2D eigenvalue weighted by molar-refractivity contribution is 0.682. The third-order valence-corrected chi connectivity index (χ3v) is 2.55. The fourth-order valence-electron chi connectivity index (χ4n) is 0.722. The van der Waals surface area contributed by atoms with Crippen LogP contribution in [0.3, 0.4) is 0 Å². The maximum atomic E-state index is 11.2. The van der Waals surface area contributed by atoms with Crippen LogP contribution in [0.5, 0.6) is 0 Å². The van der Waals surface area contributed by atoms with Crippen LogP contribution >= 0.6 is 15.9 Å². The number of nitrogens with zero attached hydrogens (tertiary/aromatic N) is 2. The second-order valence-electron chi connectivity index (χ2n) is 2.94.